The van der Waals surface area contributed by atoms with Gasteiger partial charge in [0.25, 0.3) is 0 Å². The normalized spacial score (nSPS) is 10.9. The van der Waals surface area contributed by atoms with Crippen molar-refractivity contribution in [3.63, 3.8) is 0 Å². The van der Waals surface area contributed by atoms with E-state index < -0.39 is 0 Å². The first-order valence-corrected chi connectivity index (χ1v) is 10.6. The van der Waals surface area contributed by atoms with Crippen LogP contribution in [-0.4, -0.2) is 25.1 Å². The summed E-state index contributed by atoms with van der Waals surface area (Å²) in [6.07, 6.45) is 0. The predicted octanol–water partition coefficient (Wildman–Crippen LogP) is 4.83. The largest absolute Gasteiger partial charge is 0.493 e. The van der Waals surface area contributed by atoms with Gasteiger partial charge in [-0.1, -0.05) is 36.4 Å². The molecule has 8 heteroatoms. The van der Waals surface area contributed by atoms with Crippen molar-refractivity contribution in [1.29, 1.82) is 0 Å². The second-order valence-electron chi connectivity index (χ2n) is 6.79. The zero-order chi connectivity index (χ0) is 21.3. The first-order valence-electron chi connectivity index (χ1n) is 9.80. The maximum Gasteiger partial charge on any atom is 0.191 e. The van der Waals surface area contributed by atoms with Gasteiger partial charge in [-0.25, -0.2) is 4.98 Å². The lowest BCUT2D eigenvalue weighted by Gasteiger charge is -2.14. The van der Waals surface area contributed by atoms with Crippen molar-refractivity contribution in [1.82, 2.24) is 15.6 Å². The van der Waals surface area contributed by atoms with E-state index in [0.29, 0.717) is 25.4 Å². The van der Waals surface area contributed by atoms with Crippen LogP contribution in [-0.2, 0) is 19.7 Å². The molecule has 0 saturated heterocycles. The van der Waals surface area contributed by atoms with Crippen LogP contribution < -0.4 is 20.1 Å². The standard InChI is InChI=1S/C23H28N4O2S.HI/c1-16-17(2)30-22(27-16)14-26-23(24-3)25-13-19-10-11-20(21(12-19)28-4)29-15-18-8-6-5-7-9-18;/h5-12H,13-15H2,1-4H3,(H2,24,25,26);1H. The predicted molar refractivity (Wildman–Crippen MR) is 138 cm³/mol. The average Bonchev–Trinajstić information content (AvgIpc) is 3.10. The lowest BCUT2D eigenvalue weighted by atomic mass is 10.2. The molecule has 0 atom stereocenters. The van der Waals surface area contributed by atoms with E-state index in [1.807, 2.05) is 55.5 Å². The smallest absolute Gasteiger partial charge is 0.191 e. The molecule has 0 bridgehead atoms. The van der Waals surface area contributed by atoms with Crippen molar-refractivity contribution < 1.29 is 9.47 Å². The van der Waals surface area contributed by atoms with Crippen LogP contribution in [0.1, 0.15) is 26.7 Å². The van der Waals surface area contributed by atoms with Gasteiger partial charge < -0.3 is 20.1 Å². The summed E-state index contributed by atoms with van der Waals surface area (Å²) in [4.78, 5) is 10.1. The number of methoxy groups -OCH3 is 1. The third-order valence-corrected chi connectivity index (χ3v) is 5.70. The number of nitrogens with one attached hydrogen (secondary N) is 2. The molecule has 0 aliphatic heterocycles. The molecule has 3 rings (SSSR count). The summed E-state index contributed by atoms with van der Waals surface area (Å²) in [5, 5.41) is 7.68. The number of guanidine groups is 1. The Balaban J connectivity index is 0.00000341. The third-order valence-electron chi connectivity index (χ3n) is 4.63. The van der Waals surface area contributed by atoms with Crippen LogP contribution in [0.15, 0.2) is 53.5 Å². The number of thiazole rings is 1. The summed E-state index contributed by atoms with van der Waals surface area (Å²) >= 11 is 1.70. The molecule has 0 aliphatic rings. The molecule has 1 aromatic heterocycles. The molecule has 0 saturated carbocycles. The molecule has 1 heterocycles. The number of hydrogen-bond donors (Lipinski definition) is 2. The highest BCUT2D eigenvalue weighted by Gasteiger charge is 2.08. The molecule has 2 aromatic carbocycles. The maximum atomic E-state index is 5.93. The van der Waals surface area contributed by atoms with Crippen LogP contribution in [0.5, 0.6) is 11.5 Å². The highest BCUT2D eigenvalue weighted by molar-refractivity contribution is 14.0. The molecule has 0 spiro atoms. The Kier molecular flexibility index (Phi) is 10.1. The lowest BCUT2D eigenvalue weighted by Crippen LogP contribution is -2.36. The van der Waals surface area contributed by atoms with Gasteiger partial charge in [-0.15, -0.1) is 35.3 Å². The highest BCUT2D eigenvalue weighted by atomic mass is 127. The number of nitrogens with zero attached hydrogens (tertiary/aromatic N) is 2. The van der Waals surface area contributed by atoms with Crippen LogP contribution in [0.25, 0.3) is 0 Å². The van der Waals surface area contributed by atoms with Gasteiger partial charge in [0.15, 0.2) is 17.5 Å². The number of benzene rings is 2. The van der Waals surface area contributed by atoms with E-state index in [-0.39, 0.29) is 24.0 Å². The van der Waals surface area contributed by atoms with E-state index in [2.05, 4.69) is 27.5 Å². The van der Waals surface area contributed by atoms with Gasteiger partial charge in [-0.2, -0.15) is 0 Å². The molecule has 31 heavy (non-hydrogen) atoms. The van der Waals surface area contributed by atoms with Gasteiger partial charge >= 0.3 is 0 Å². The number of aliphatic imine (C=N–C) groups is 1. The Hall–Kier alpha value is -2.33. The zero-order valence-corrected chi connectivity index (χ0v) is 21.4. The molecule has 2 N–H and O–H groups in total. The minimum atomic E-state index is 0. The molecular weight excluding hydrogens is 523 g/mol. The van der Waals surface area contributed by atoms with Gasteiger partial charge in [-0.05, 0) is 37.1 Å². The zero-order valence-electron chi connectivity index (χ0n) is 18.3. The van der Waals surface area contributed by atoms with Crippen molar-refractivity contribution in [2.45, 2.75) is 33.5 Å². The van der Waals surface area contributed by atoms with E-state index in [1.165, 1.54) is 4.88 Å². The Morgan fingerprint density at radius 2 is 1.74 bits per heavy atom. The number of ether oxygens (including phenoxy) is 2. The van der Waals surface area contributed by atoms with Gasteiger partial charge in [0.2, 0.25) is 0 Å². The van der Waals surface area contributed by atoms with Gasteiger partial charge in [0.1, 0.15) is 11.6 Å². The second-order valence-corrected chi connectivity index (χ2v) is 8.08. The third kappa shape index (κ3) is 7.39. The quantitative estimate of drug-likeness (QED) is 0.238. The summed E-state index contributed by atoms with van der Waals surface area (Å²) in [5.41, 5.74) is 3.27. The fourth-order valence-electron chi connectivity index (χ4n) is 2.86. The topological polar surface area (TPSA) is 67.8 Å². The van der Waals surface area contributed by atoms with Crippen molar-refractivity contribution in [2.75, 3.05) is 14.2 Å². The first kappa shape index (κ1) is 24.9. The molecule has 3 aromatic rings. The summed E-state index contributed by atoms with van der Waals surface area (Å²) in [6.45, 7) is 5.88. The van der Waals surface area contributed by atoms with Gasteiger partial charge in [0, 0.05) is 18.5 Å². The number of hydrogen-bond acceptors (Lipinski definition) is 5. The van der Waals surface area contributed by atoms with Crippen molar-refractivity contribution in [3.05, 3.63) is 75.2 Å². The molecule has 166 valence electrons. The Morgan fingerprint density at radius 1 is 1.00 bits per heavy atom. The summed E-state index contributed by atoms with van der Waals surface area (Å²) < 4.78 is 11.4. The number of aromatic nitrogens is 1. The molecule has 0 unspecified atom stereocenters. The van der Waals surface area contributed by atoms with E-state index in [4.69, 9.17) is 9.47 Å². The summed E-state index contributed by atoms with van der Waals surface area (Å²) in [6, 6.07) is 16.0. The molecule has 6 nitrogen and oxygen atoms in total. The fraction of sp³-hybridized carbons (Fsp3) is 0.304. The number of halogens is 1. The van der Waals surface area contributed by atoms with Gasteiger partial charge in [0.05, 0.1) is 19.3 Å². The van der Waals surface area contributed by atoms with Crippen LogP contribution in [0.3, 0.4) is 0 Å². The number of rotatable bonds is 8. The highest BCUT2D eigenvalue weighted by Crippen LogP contribution is 2.28. The minimum Gasteiger partial charge on any atom is -0.493 e. The Labute approximate surface area is 205 Å². The maximum absolute atomic E-state index is 5.93. The molecular formula is C23H29IN4O2S. The van der Waals surface area contributed by atoms with Crippen LogP contribution >= 0.6 is 35.3 Å². The lowest BCUT2D eigenvalue weighted by molar-refractivity contribution is 0.284. The van der Waals surface area contributed by atoms with Crippen molar-refractivity contribution in [2.24, 2.45) is 4.99 Å². The summed E-state index contributed by atoms with van der Waals surface area (Å²) in [5.74, 6) is 2.16. The van der Waals surface area contributed by atoms with E-state index in [0.717, 1.165) is 33.5 Å². The van der Waals surface area contributed by atoms with E-state index in [9.17, 15) is 0 Å². The van der Waals surface area contributed by atoms with Gasteiger partial charge in [-0.3, -0.25) is 4.99 Å². The summed E-state index contributed by atoms with van der Waals surface area (Å²) in [7, 11) is 3.41. The second kappa shape index (κ2) is 12.5. The SMILES string of the molecule is CN=C(NCc1ccc(OCc2ccccc2)c(OC)c1)NCc1nc(C)c(C)s1.I. The molecule has 0 fully saturated rings. The minimum absolute atomic E-state index is 0. The monoisotopic (exact) mass is 552 g/mol. The van der Waals surface area contributed by atoms with Crippen LogP contribution in [0.2, 0.25) is 0 Å². The van der Waals surface area contributed by atoms with Crippen molar-refractivity contribution in [3.8, 4) is 11.5 Å². The fourth-order valence-corrected chi connectivity index (χ4v) is 3.73. The molecule has 0 radical (unpaired) electrons. The number of aryl methyl sites for hydroxylation is 2. The van der Waals surface area contributed by atoms with Crippen LogP contribution in [0, 0.1) is 13.8 Å². The molecule has 0 amide bonds. The first-order chi connectivity index (χ1) is 14.6. The van der Waals surface area contributed by atoms with Crippen LogP contribution in [0.4, 0.5) is 0 Å². The Morgan fingerprint density at radius 3 is 2.39 bits per heavy atom. The average molecular weight is 552 g/mol. The molecule has 0 aliphatic carbocycles. The van der Waals surface area contributed by atoms with E-state index >= 15 is 0 Å². The van der Waals surface area contributed by atoms with Crippen molar-refractivity contribution >= 4 is 41.3 Å². The van der Waals surface area contributed by atoms with E-state index in [1.54, 1.807) is 25.5 Å². The Bertz CT molecular complexity index is 973.